The third kappa shape index (κ3) is 2.16. The molecule has 0 aliphatic heterocycles. The Balaban J connectivity index is 2.91. The summed E-state index contributed by atoms with van der Waals surface area (Å²) in [5.41, 5.74) is 12.2. The van der Waals surface area contributed by atoms with E-state index in [2.05, 4.69) is 0 Å². The standard InChI is InChI=1S/C10H14N2O2/c1-6-4-3-5-8(11)9(6)14-7(2)10(12)13/h3-5,7H,11H2,1-2H3,(H2,12,13). The van der Waals surface area contributed by atoms with E-state index in [1.54, 1.807) is 13.0 Å². The monoisotopic (exact) mass is 194 g/mol. The number of nitrogens with two attached hydrogens (primary N) is 2. The van der Waals surface area contributed by atoms with Gasteiger partial charge < -0.3 is 16.2 Å². The van der Waals surface area contributed by atoms with E-state index < -0.39 is 12.0 Å². The highest BCUT2D eigenvalue weighted by atomic mass is 16.5. The average molecular weight is 194 g/mol. The second kappa shape index (κ2) is 4.00. The van der Waals surface area contributed by atoms with Crippen LogP contribution in [0, 0.1) is 6.92 Å². The molecule has 1 aromatic carbocycles. The number of anilines is 1. The summed E-state index contributed by atoms with van der Waals surface area (Å²) in [5.74, 6) is 0.0199. The molecule has 4 heteroatoms. The lowest BCUT2D eigenvalue weighted by molar-refractivity contribution is -0.123. The average Bonchev–Trinajstić information content (AvgIpc) is 2.11. The van der Waals surface area contributed by atoms with Gasteiger partial charge in [-0.15, -0.1) is 0 Å². The van der Waals surface area contributed by atoms with Crippen molar-refractivity contribution in [1.82, 2.24) is 0 Å². The van der Waals surface area contributed by atoms with Gasteiger partial charge in [0, 0.05) is 0 Å². The predicted octanol–water partition coefficient (Wildman–Crippen LogP) is 0.830. The van der Waals surface area contributed by atoms with Gasteiger partial charge in [0.1, 0.15) is 5.75 Å². The highest BCUT2D eigenvalue weighted by Gasteiger charge is 2.13. The van der Waals surface area contributed by atoms with Gasteiger partial charge in [0.05, 0.1) is 5.69 Å². The van der Waals surface area contributed by atoms with Gasteiger partial charge in [0.15, 0.2) is 6.10 Å². The second-order valence-electron chi connectivity index (χ2n) is 3.16. The number of primary amides is 1. The molecule has 0 aliphatic rings. The molecule has 0 aromatic heterocycles. The van der Waals surface area contributed by atoms with E-state index in [-0.39, 0.29) is 0 Å². The minimum atomic E-state index is -0.668. The van der Waals surface area contributed by atoms with Crippen LogP contribution in [0.15, 0.2) is 18.2 Å². The minimum absolute atomic E-state index is 0.507. The number of para-hydroxylation sites is 1. The first-order valence-corrected chi connectivity index (χ1v) is 4.33. The van der Waals surface area contributed by atoms with E-state index in [1.807, 2.05) is 19.1 Å². The van der Waals surface area contributed by atoms with Crippen LogP contribution in [-0.2, 0) is 4.79 Å². The summed E-state index contributed by atoms with van der Waals surface area (Å²) in [4.78, 5) is 10.8. The van der Waals surface area contributed by atoms with Gasteiger partial charge in [-0.05, 0) is 25.5 Å². The van der Waals surface area contributed by atoms with Crippen LogP contribution in [0.25, 0.3) is 0 Å². The number of carbonyl (C=O) groups is 1. The highest BCUT2D eigenvalue weighted by molar-refractivity contribution is 5.79. The molecule has 0 aliphatic carbocycles. The Hall–Kier alpha value is -1.71. The molecule has 1 atom stereocenters. The number of rotatable bonds is 3. The lowest BCUT2D eigenvalue weighted by Crippen LogP contribution is -2.31. The Bertz CT molecular complexity index is 330. The summed E-state index contributed by atoms with van der Waals surface area (Å²) in [6, 6.07) is 5.40. The van der Waals surface area contributed by atoms with Gasteiger partial charge in [-0.1, -0.05) is 12.1 Å². The molecule has 0 fully saturated rings. The minimum Gasteiger partial charge on any atom is -0.478 e. The lowest BCUT2D eigenvalue weighted by Gasteiger charge is -2.15. The summed E-state index contributed by atoms with van der Waals surface area (Å²) in [6.07, 6.45) is -0.668. The molecule has 4 N–H and O–H groups in total. The zero-order valence-corrected chi connectivity index (χ0v) is 8.28. The summed E-state index contributed by atoms with van der Waals surface area (Å²) in [6.45, 7) is 3.45. The lowest BCUT2D eigenvalue weighted by atomic mass is 10.2. The topological polar surface area (TPSA) is 78.3 Å². The van der Waals surface area contributed by atoms with Crippen molar-refractivity contribution in [2.45, 2.75) is 20.0 Å². The molecule has 0 bridgehead atoms. The Labute approximate surface area is 82.8 Å². The van der Waals surface area contributed by atoms with E-state index in [1.165, 1.54) is 0 Å². The normalized spacial score (nSPS) is 12.1. The summed E-state index contributed by atoms with van der Waals surface area (Å²) in [7, 11) is 0. The molecule has 0 heterocycles. The zero-order valence-electron chi connectivity index (χ0n) is 8.28. The van der Waals surface area contributed by atoms with Gasteiger partial charge in [0.25, 0.3) is 5.91 Å². The number of aryl methyl sites for hydroxylation is 1. The predicted molar refractivity (Wildman–Crippen MR) is 54.9 cm³/mol. The smallest absolute Gasteiger partial charge is 0.258 e. The fraction of sp³-hybridized carbons (Fsp3) is 0.300. The van der Waals surface area contributed by atoms with E-state index in [0.717, 1.165) is 5.56 Å². The quantitative estimate of drug-likeness (QED) is 0.699. The molecule has 1 unspecified atom stereocenters. The molecule has 1 amide bonds. The summed E-state index contributed by atoms with van der Waals surface area (Å²) >= 11 is 0. The van der Waals surface area contributed by atoms with Gasteiger partial charge in [-0.3, -0.25) is 4.79 Å². The third-order valence-corrected chi connectivity index (χ3v) is 1.94. The SMILES string of the molecule is Cc1cccc(N)c1OC(C)C(N)=O. The van der Waals surface area contributed by atoms with E-state index in [0.29, 0.717) is 11.4 Å². The number of amides is 1. The van der Waals surface area contributed by atoms with Gasteiger partial charge in [-0.25, -0.2) is 0 Å². The maximum absolute atomic E-state index is 10.8. The van der Waals surface area contributed by atoms with Crippen molar-refractivity contribution in [1.29, 1.82) is 0 Å². The number of carbonyl (C=O) groups excluding carboxylic acids is 1. The Morgan fingerprint density at radius 3 is 2.64 bits per heavy atom. The van der Waals surface area contributed by atoms with Crippen LogP contribution >= 0.6 is 0 Å². The van der Waals surface area contributed by atoms with Crippen molar-refractivity contribution in [2.24, 2.45) is 5.73 Å². The number of ether oxygens (including phenoxy) is 1. The first-order valence-electron chi connectivity index (χ1n) is 4.33. The fourth-order valence-electron chi connectivity index (χ4n) is 1.07. The van der Waals surface area contributed by atoms with Crippen LogP contribution in [0.2, 0.25) is 0 Å². The molecule has 0 saturated heterocycles. The van der Waals surface area contributed by atoms with E-state index in [9.17, 15) is 4.79 Å². The van der Waals surface area contributed by atoms with Crippen LogP contribution in [0.3, 0.4) is 0 Å². The Morgan fingerprint density at radius 1 is 1.50 bits per heavy atom. The highest BCUT2D eigenvalue weighted by Crippen LogP contribution is 2.26. The molecule has 0 saturated carbocycles. The molecule has 1 rings (SSSR count). The summed E-state index contributed by atoms with van der Waals surface area (Å²) < 4.78 is 5.34. The first kappa shape index (κ1) is 10.4. The molecule has 4 nitrogen and oxygen atoms in total. The Morgan fingerprint density at radius 2 is 2.14 bits per heavy atom. The second-order valence-corrected chi connectivity index (χ2v) is 3.16. The van der Waals surface area contributed by atoms with Crippen molar-refractivity contribution in [3.63, 3.8) is 0 Å². The molecule has 1 aromatic rings. The molecule has 76 valence electrons. The maximum atomic E-state index is 10.8. The van der Waals surface area contributed by atoms with E-state index >= 15 is 0 Å². The third-order valence-electron chi connectivity index (χ3n) is 1.94. The van der Waals surface area contributed by atoms with Crippen molar-refractivity contribution >= 4 is 11.6 Å². The zero-order chi connectivity index (χ0) is 10.7. The van der Waals surface area contributed by atoms with Crippen LogP contribution in [0.1, 0.15) is 12.5 Å². The summed E-state index contributed by atoms with van der Waals surface area (Å²) in [5, 5.41) is 0. The van der Waals surface area contributed by atoms with Crippen LogP contribution in [0.4, 0.5) is 5.69 Å². The number of benzene rings is 1. The van der Waals surface area contributed by atoms with Crippen molar-refractivity contribution in [3.05, 3.63) is 23.8 Å². The van der Waals surface area contributed by atoms with Gasteiger partial charge in [-0.2, -0.15) is 0 Å². The molecule has 0 spiro atoms. The van der Waals surface area contributed by atoms with Crippen LogP contribution in [0.5, 0.6) is 5.75 Å². The largest absolute Gasteiger partial charge is 0.478 e. The molecule has 0 radical (unpaired) electrons. The fourth-order valence-corrected chi connectivity index (χ4v) is 1.07. The van der Waals surface area contributed by atoms with Gasteiger partial charge in [0.2, 0.25) is 0 Å². The first-order chi connectivity index (χ1) is 6.52. The van der Waals surface area contributed by atoms with Crippen LogP contribution in [-0.4, -0.2) is 12.0 Å². The van der Waals surface area contributed by atoms with E-state index in [4.69, 9.17) is 16.2 Å². The molecular formula is C10H14N2O2. The molecular weight excluding hydrogens is 180 g/mol. The number of hydrogen-bond donors (Lipinski definition) is 2. The number of nitrogen functional groups attached to an aromatic ring is 1. The molecule has 14 heavy (non-hydrogen) atoms. The van der Waals surface area contributed by atoms with Crippen molar-refractivity contribution in [2.75, 3.05) is 5.73 Å². The van der Waals surface area contributed by atoms with Crippen molar-refractivity contribution < 1.29 is 9.53 Å². The van der Waals surface area contributed by atoms with Crippen molar-refractivity contribution in [3.8, 4) is 5.75 Å². The Kier molecular flexibility index (Phi) is 2.96. The van der Waals surface area contributed by atoms with Crippen LogP contribution < -0.4 is 16.2 Å². The maximum Gasteiger partial charge on any atom is 0.258 e. The number of hydrogen-bond acceptors (Lipinski definition) is 3. The van der Waals surface area contributed by atoms with Gasteiger partial charge >= 0.3 is 0 Å².